The molecule has 2 heterocycles. The first-order chi connectivity index (χ1) is 11.9. The third-order valence-corrected chi connectivity index (χ3v) is 4.84. The quantitative estimate of drug-likeness (QED) is 0.609. The van der Waals surface area contributed by atoms with Crippen molar-refractivity contribution in [1.29, 1.82) is 0 Å². The maximum Gasteiger partial charge on any atom is 0.129 e. The molecule has 1 aromatic heterocycles. The number of para-hydroxylation sites is 1. The Hall–Kier alpha value is -2.04. The molecule has 4 heteroatoms. The topological polar surface area (TPSA) is 49.1 Å². The van der Waals surface area contributed by atoms with Gasteiger partial charge in [-0.05, 0) is 57.1 Å². The van der Waals surface area contributed by atoms with Crippen molar-refractivity contribution in [3.8, 4) is 5.75 Å². The molecule has 3 aromatic rings. The van der Waals surface area contributed by atoms with Crippen LogP contribution in [-0.4, -0.2) is 37.3 Å². The molecule has 0 amide bonds. The second-order valence-electron chi connectivity index (χ2n) is 6.53. The van der Waals surface area contributed by atoms with Crippen LogP contribution in [0.15, 0.2) is 42.5 Å². The number of aromatic nitrogens is 1. The summed E-state index contributed by atoms with van der Waals surface area (Å²) in [5, 5.41) is 9.47. The minimum Gasteiger partial charge on any atom is -0.493 e. The van der Waals surface area contributed by atoms with Gasteiger partial charge in [-0.3, -0.25) is 0 Å². The minimum absolute atomic E-state index is 0.670. The summed E-state index contributed by atoms with van der Waals surface area (Å²) in [6.45, 7) is 4.04. The van der Waals surface area contributed by atoms with Crippen LogP contribution in [-0.2, 0) is 0 Å². The second-order valence-corrected chi connectivity index (χ2v) is 6.53. The van der Waals surface area contributed by atoms with Crippen LogP contribution < -0.4 is 15.4 Å². The predicted molar refractivity (Wildman–Crippen MR) is 99.8 cm³/mol. The molecule has 0 radical (unpaired) electrons. The molecular formula is C20H25N3O. The summed E-state index contributed by atoms with van der Waals surface area (Å²) >= 11 is 0. The molecule has 1 aliphatic rings. The van der Waals surface area contributed by atoms with E-state index in [9.17, 15) is 0 Å². The Kier molecular flexibility index (Phi) is 4.67. The summed E-state index contributed by atoms with van der Waals surface area (Å²) in [6.07, 6.45) is 3.49. The average molecular weight is 323 g/mol. The van der Waals surface area contributed by atoms with Crippen LogP contribution in [0, 0.1) is 0 Å². The van der Waals surface area contributed by atoms with Crippen LogP contribution >= 0.6 is 0 Å². The number of benzene rings is 2. The molecule has 126 valence electrons. The minimum atomic E-state index is 0.670. The number of hydrogen-bond donors (Lipinski definition) is 3. The molecule has 0 aliphatic carbocycles. The summed E-state index contributed by atoms with van der Waals surface area (Å²) in [5.41, 5.74) is 2.30. The van der Waals surface area contributed by atoms with E-state index in [1.54, 1.807) is 0 Å². The van der Waals surface area contributed by atoms with Gasteiger partial charge in [-0.25, -0.2) is 0 Å². The third kappa shape index (κ3) is 3.25. The van der Waals surface area contributed by atoms with Crippen LogP contribution in [0.1, 0.15) is 19.3 Å². The van der Waals surface area contributed by atoms with Crippen molar-refractivity contribution in [2.75, 3.05) is 26.2 Å². The fourth-order valence-corrected chi connectivity index (χ4v) is 3.58. The van der Waals surface area contributed by atoms with Crippen molar-refractivity contribution in [2.24, 2.45) is 0 Å². The Morgan fingerprint density at radius 3 is 2.75 bits per heavy atom. The highest BCUT2D eigenvalue weighted by Gasteiger charge is 2.12. The van der Waals surface area contributed by atoms with Crippen molar-refractivity contribution in [2.45, 2.75) is 25.3 Å². The average Bonchev–Trinajstić information content (AvgIpc) is 3.02. The van der Waals surface area contributed by atoms with Crippen LogP contribution in [0.4, 0.5) is 0 Å². The number of hydrogen-bond acceptors (Lipinski definition) is 3. The molecule has 1 saturated heterocycles. The van der Waals surface area contributed by atoms with Crippen molar-refractivity contribution in [1.82, 2.24) is 15.6 Å². The normalized spacial score (nSPS) is 16.0. The van der Waals surface area contributed by atoms with Gasteiger partial charge in [-0.1, -0.05) is 24.3 Å². The van der Waals surface area contributed by atoms with Gasteiger partial charge in [0.05, 0.1) is 12.1 Å². The molecule has 0 bridgehead atoms. The zero-order valence-corrected chi connectivity index (χ0v) is 14.0. The van der Waals surface area contributed by atoms with Crippen molar-refractivity contribution < 1.29 is 4.74 Å². The molecule has 4 nitrogen and oxygen atoms in total. The van der Waals surface area contributed by atoms with E-state index in [1.165, 1.54) is 23.6 Å². The lowest BCUT2D eigenvalue weighted by molar-refractivity contribution is 0.301. The Morgan fingerprint density at radius 2 is 1.83 bits per heavy atom. The number of ether oxygens (including phenoxy) is 1. The number of aromatic amines is 1. The van der Waals surface area contributed by atoms with Gasteiger partial charge in [0.25, 0.3) is 0 Å². The molecule has 1 aliphatic heterocycles. The van der Waals surface area contributed by atoms with Crippen LogP contribution in [0.2, 0.25) is 0 Å². The zero-order valence-electron chi connectivity index (χ0n) is 14.0. The fraction of sp³-hybridized carbons (Fsp3) is 0.400. The molecule has 0 atom stereocenters. The third-order valence-electron chi connectivity index (χ3n) is 4.84. The number of rotatable bonds is 6. The molecule has 0 unspecified atom stereocenters. The highest BCUT2D eigenvalue weighted by Crippen LogP contribution is 2.32. The lowest BCUT2D eigenvalue weighted by Gasteiger charge is -2.23. The van der Waals surface area contributed by atoms with E-state index < -0.39 is 0 Å². The molecule has 0 saturated carbocycles. The van der Waals surface area contributed by atoms with E-state index >= 15 is 0 Å². The summed E-state index contributed by atoms with van der Waals surface area (Å²) in [4.78, 5) is 3.46. The van der Waals surface area contributed by atoms with E-state index in [1.807, 2.05) is 0 Å². The Balaban J connectivity index is 1.38. The molecule has 24 heavy (non-hydrogen) atoms. The van der Waals surface area contributed by atoms with E-state index in [4.69, 9.17) is 4.74 Å². The standard InChI is InChI=1S/C20H25N3O/c1-2-6-17-16(5-1)20-18(23-17)7-3-8-19(20)24-14-4-11-22-15-9-12-21-13-10-15/h1-3,5-8,15,21-23H,4,9-14H2. The molecule has 1 fully saturated rings. The highest BCUT2D eigenvalue weighted by atomic mass is 16.5. The van der Waals surface area contributed by atoms with Gasteiger partial charge in [0.15, 0.2) is 0 Å². The van der Waals surface area contributed by atoms with Crippen molar-refractivity contribution in [3.05, 3.63) is 42.5 Å². The summed E-state index contributed by atoms with van der Waals surface area (Å²) in [5.74, 6) is 0.979. The van der Waals surface area contributed by atoms with Gasteiger partial charge in [-0.2, -0.15) is 0 Å². The van der Waals surface area contributed by atoms with Crippen molar-refractivity contribution >= 4 is 21.8 Å². The first kappa shape index (κ1) is 15.5. The predicted octanol–water partition coefficient (Wildman–Crippen LogP) is 3.43. The first-order valence-electron chi connectivity index (χ1n) is 8.98. The Morgan fingerprint density at radius 1 is 1.00 bits per heavy atom. The largest absolute Gasteiger partial charge is 0.493 e. The van der Waals surface area contributed by atoms with Gasteiger partial charge in [-0.15, -0.1) is 0 Å². The van der Waals surface area contributed by atoms with Gasteiger partial charge >= 0.3 is 0 Å². The second kappa shape index (κ2) is 7.24. The Bertz CT molecular complexity index is 805. The molecule has 0 spiro atoms. The van der Waals surface area contributed by atoms with E-state index in [-0.39, 0.29) is 0 Å². The Labute approximate surface area is 142 Å². The summed E-state index contributed by atoms with van der Waals surface area (Å²) in [6, 6.07) is 15.3. The van der Waals surface area contributed by atoms with Gasteiger partial charge in [0, 0.05) is 22.3 Å². The fourth-order valence-electron chi connectivity index (χ4n) is 3.58. The number of H-pyrrole nitrogens is 1. The van der Waals surface area contributed by atoms with Gasteiger partial charge in [0.2, 0.25) is 0 Å². The van der Waals surface area contributed by atoms with Gasteiger partial charge in [0.1, 0.15) is 5.75 Å². The zero-order chi connectivity index (χ0) is 16.2. The summed E-state index contributed by atoms with van der Waals surface area (Å²) in [7, 11) is 0. The van der Waals surface area contributed by atoms with E-state index in [0.29, 0.717) is 6.04 Å². The number of fused-ring (bicyclic) bond motifs is 3. The lowest BCUT2D eigenvalue weighted by Crippen LogP contribution is -2.40. The highest BCUT2D eigenvalue weighted by molar-refractivity contribution is 6.10. The van der Waals surface area contributed by atoms with Crippen molar-refractivity contribution in [3.63, 3.8) is 0 Å². The van der Waals surface area contributed by atoms with E-state index in [2.05, 4.69) is 58.1 Å². The van der Waals surface area contributed by atoms with Crippen LogP contribution in [0.5, 0.6) is 5.75 Å². The SMILES string of the molecule is c1ccc2c(c1)[nH]c1cccc(OCCCNC3CCNCC3)c12. The molecule has 2 aromatic carbocycles. The number of nitrogens with one attached hydrogen (secondary N) is 3. The monoisotopic (exact) mass is 323 g/mol. The van der Waals surface area contributed by atoms with Crippen LogP contribution in [0.25, 0.3) is 21.8 Å². The summed E-state index contributed by atoms with van der Waals surface area (Å²) < 4.78 is 6.10. The maximum absolute atomic E-state index is 6.10. The lowest BCUT2D eigenvalue weighted by atomic mass is 10.1. The first-order valence-corrected chi connectivity index (χ1v) is 8.98. The maximum atomic E-state index is 6.10. The molecule has 4 rings (SSSR count). The smallest absolute Gasteiger partial charge is 0.129 e. The van der Waals surface area contributed by atoms with E-state index in [0.717, 1.165) is 49.4 Å². The van der Waals surface area contributed by atoms with Crippen LogP contribution in [0.3, 0.4) is 0 Å². The number of piperidine rings is 1. The van der Waals surface area contributed by atoms with Gasteiger partial charge < -0.3 is 20.4 Å². The molecule has 3 N–H and O–H groups in total. The molecular weight excluding hydrogens is 298 g/mol.